The summed E-state index contributed by atoms with van der Waals surface area (Å²) in [6.45, 7) is 17.5. The van der Waals surface area contributed by atoms with E-state index in [0.717, 1.165) is 89.2 Å². The van der Waals surface area contributed by atoms with Crippen LogP contribution in [0.1, 0.15) is 44.5 Å². The van der Waals surface area contributed by atoms with Crippen LogP contribution in [0.15, 0.2) is 218 Å². The molecule has 12 aromatic rings. The van der Waals surface area contributed by atoms with Crippen molar-refractivity contribution in [3.8, 4) is 67.8 Å². The Bertz CT molecular complexity index is 4130. The molecule has 0 saturated heterocycles. The standard InChI is InChI=1S/C72H60N8/c1-45-39-47(3)64(48(4)40-45)79(65-49(5)41-46(2)42-50(65)6)60-43-51(7)66(52(8)44-60)80(71-75-67(57-28-17-11-18-29-57)73-69(77-71)59-35-33-54(34-36-59)53-23-13-9-14-24-53)72-76-68(58-30-19-12-20-31-58)74-70(78-72)62-38-37-55-25-21-22-32-61(55)63(62)56-26-15-10-16-27-56/h9-44H,1-8H3. The van der Waals surface area contributed by atoms with E-state index in [9.17, 15) is 0 Å². The van der Waals surface area contributed by atoms with Gasteiger partial charge < -0.3 is 4.90 Å². The molecule has 0 unspecified atom stereocenters. The third-order valence-electron chi connectivity index (χ3n) is 14.9. The quantitative estimate of drug-likeness (QED) is 0.120. The van der Waals surface area contributed by atoms with Crippen LogP contribution in [0.2, 0.25) is 0 Å². The zero-order valence-corrected chi connectivity index (χ0v) is 46.4. The second-order valence-electron chi connectivity index (χ2n) is 20.9. The van der Waals surface area contributed by atoms with Crippen molar-refractivity contribution in [1.29, 1.82) is 0 Å². The van der Waals surface area contributed by atoms with Crippen molar-refractivity contribution in [2.75, 3.05) is 9.80 Å². The highest BCUT2D eigenvalue weighted by Crippen LogP contribution is 2.47. The van der Waals surface area contributed by atoms with Gasteiger partial charge in [0.05, 0.1) is 17.1 Å². The molecule has 8 nitrogen and oxygen atoms in total. The van der Waals surface area contributed by atoms with Gasteiger partial charge in [-0.2, -0.15) is 19.9 Å². The number of rotatable bonds is 12. The Hall–Kier alpha value is -9.92. The second kappa shape index (κ2) is 21.5. The summed E-state index contributed by atoms with van der Waals surface area (Å²) in [7, 11) is 0. The Morgan fingerprint density at radius 3 is 1.11 bits per heavy atom. The lowest BCUT2D eigenvalue weighted by Crippen LogP contribution is -2.21. The molecule has 2 heterocycles. The molecule has 0 aliphatic heterocycles. The molecule has 0 radical (unpaired) electrons. The minimum absolute atomic E-state index is 0.350. The van der Waals surface area contributed by atoms with Crippen molar-refractivity contribution in [2.45, 2.75) is 55.4 Å². The van der Waals surface area contributed by atoms with Gasteiger partial charge in [0, 0.05) is 33.5 Å². The van der Waals surface area contributed by atoms with E-state index in [1.54, 1.807) is 0 Å². The summed E-state index contributed by atoms with van der Waals surface area (Å²) in [6, 6.07) is 76.0. The lowest BCUT2D eigenvalue weighted by atomic mass is 9.93. The topological polar surface area (TPSA) is 83.8 Å². The molecule has 8 heteroatoms. The first kappa shape index (κ1) is 50.9. The lowest BCUT2D eigenvalue weighted by Gasteiger charge is -2.33. The molecule has 10 aromatic carbocycles. The van der Waals surface area contributed by atoms with E-state index in [0.29, 0.717) is 35.2 Å². The molecule has 0 aliphatic carbocycles. The van der Waals surface area contributed by atoms with Crippen molar-refractivity contribution >= 4 is 45.4 Å². The van der Waals surface area contributed by atoms with Gasteiger partial charge in [-0.3, -0.25) is 0 Å². The summed E-state index contributed by atoms with van der Waals surface area (Å²) in [4.78, 5) is 37.1. The van der Waals surface area contributed by atoms with Crippen LogP contribution in [0.3, 0.4) is 0 Å². The second-order valence-corrected chi connectivity index (χ2v) is 20.9. The molecule has 80 heavy (non-hydrogen) atoms. The Morgan fingerprint density at radius 2 is 0.625 bits per heavy atom. The van der Waals surface area contributed by atoms with Gasteiger partial charge in [-0.05, 0) is 134 Å². The molecule has 0 aliphatic rings. The van der Waals surface area contributed by atoms with Crippen LogP contribution in [0.5, 0.6) is 0 Å². The maximum absolute atomic E-state index is 5.62. The van der Waals surface area contributed by atoms with E-state index < -0.39 is 0 Å². The smallest absolute Gasteiger partial charge is 0.241 e. The minimum atomic E-state index is 0.350. The van der Waals surface area contributed by atoms with Gasteiger partial charge in [0.1, 0.15) is 0 Å². The van der Waals surface area contributed by atoms with E-state index in [1.807, 2.05) is 77.7 Å². The summed E-state index contributed by atoms with van der Waals surface area (Å²) in [5, 5.41) is 2.21. The van der Waals surface area contributed by atoms with Crippen molar-refractivity contribution in [1.82, 2.24) is 29.9 Å². The van der Waals surface area contributed by atoms with Crippen molar-refractivity contribution in [2.24, 2.45) is 0 Å². The van der Waals surface area contributed by atoms with Crippen LogP contribution in [0.4, 0.5) is 34.6 Å². The first-order valence-corrected chi connectivity index (χ1v) is 27.2. The number of hydrogen-bond acceptors (Lipinski definition) is 8. The summed E-state index contributed by atoms with van der Waals surface area (Å²) in [5.74, 6) is 2.73. The number of hydrogen-bond donors (Lipinski definition) is 0. The zero-order chi connectivity index (χ0) is 55.0. The first-order chi connectivity index (χ1) is 38.9. The van der Waals surface area contributed by atoms with Gasteiger partial charge in [-0.1, -0.05) is 211 Å². The van der Waals surface area contributed by atoms with Gasteiger partial charge in [-0.25, -0.2) is 14.9 Å². The molecule has 0 spiro atoms. The fraction of sp³-hybridized carbons (Fsp3) is 0.111. The van der Waals surface area contributed by atoms with Gasteiger partial charge in [0.25, 0.3) is 0 Å². The van der Waals surface area contributed by atoms with Crippen molar-refractivity contribution < 1.29 is 0 Å². The molecule has 0 saturated carbocycles. The molecule has 12 rings (SSSR count). The van der Waals surface area contributed by atoms with Gasteiger partial charge in [0.15, 0.2) is 23.3 Å². The van der Waals surface area contributed by atoms with Crippen LogP contribution >= 0.6 is 0 Å². The summed E-state index contributed by atoms with van der Waals surface area (Å²) in [6.07, 6.45) is 0. The Balaban J connectivity index is 1.15. The molecule has 0 bridgehead atoms. The van der Waals surface area contributed by atoms with Crippen molar-refractivity contribution in [3.05, 3.63) is 263 Å². The summed E-state index contributed by atoms with van der Waals surface area (Å²) < 4.78 is 0. The van der Waals surface area contributed by atoms with Crippen molar-refractivity contribution in [3.63, 3.8) is 0 Å². The predicted molar refractivity (Wildman–Crippen MR) is 331 cm³/mol. The monoisotopic (exact) mass is 1040 g/mol. The number of aryl methyl sites for hydroxylation is 8. The molecule has 0 N–H and O–H groups in total. The van der Waals surface area contributed by atoms with E-state index >= 15 is 0 Å². The summed E-state index contributed by atoms with van der Waals surface area (Å²) in [5.41, 5.74) is 21.0. The number of benzene rings is 10. The highest BCUT2D eigenvalue weighted by molar-refractivity contribution is 6.03. The minimum Gasteiger partial charge on any atom is -0.309 e. The lowest BCUT2D eigenvalue weighted by molar-refractivity contribution is 0.957. The first-order valence-electron chi connectivity index (χ1n) is 27.2. The Morgan fingerprint density at radius 1 is 0.275 bits per heavy atom. The average Bonchev–Trinajstić information content (AvgIpc) is 3.51. The fourth-order valence-corrected chi connectivity index (χ4v) is 11.6. The zero-order valence-electron chi connectivity index (χ0n) is 46.4. The maximum atomic E-state index is 5.62. The van der Waals surface area contributed by atoms with Crippen LogP contribution in [-0.2, 0) is 0 Å². The Kier molecular flexibility index (Phi) is 13.7. The number of nitrogens with zero attached hydrogens (tertiary/aromatic N) is 8. The summed E-state index contributed by atoms with van der Waals surface area (Å²) >= 11 is 0. The van der Waals surface area contributed by atoms with Crippen LogP contribution in [0.25, 0.3) is 78.6 Å². The normalized spacial score (nSPS) is 11.2. The van der Waals surface area contributed by atoms with Gasteiger partial charge in [0.2, 0.25) is 11.9 Å². The molecule has 0 fully saturated rings. The number of fused-ring (bicyclic) bond motifs is 1. The molecule has 2 aromatic heterocycles. The maximum Gasteiger partial charge on any atom is 0.241 e. The third kappa shape index (κ3) is 9.88. The van der Waals surface area contributed by atoms with E-state index in [2.05, 4.69) is 206 Å². The van der Waals surface area contributed by atoms with Crippen LogP contribution in [0, 0.1) is 55.4 Å². The number of anilines is 6. The highest BCUT2D eigenvalue weighted by Gasteiger charge is 2.30. The van der Waals surface area contributed by atoms with Gasteiger partial charge >= 0.3 is 0 Å². The van der Waals surface area contributed by atoms with E-state index in [1.165, 1.54) is 33.4 Å². The molecular formula is C72H60N8. The average molecular weight is 1040 g/mol. The Labute approximate surface area is 468 Å². The fourth-order valence-electron chi connectivity index (χ4n) is 11.6. The van der Waals surface area contributed by atoms with E-state index in [-0.39, 0.29) is 0 Å². The third-order valence-corrected chi connectivity index (χ3v) is 14.9. The molecular weight excluding hydrogens is 977 g/mol. The molecule has 0 atom stereocenters. The number of aromatic nitrogens is 6. The highest BCUT2D eigenvalue weighted by atomic mass is 15.4. The van der Waals surface area contributed by atoms with Crippen LogP contribution < -0.4 is 9.80 Å². The van der Waals surface area contributed by atoms with Gasteiger partial charge in [-0.15, -0.1) is 0 Å². The van der Waals surface area contributed by atoms with Crippen LogP contribution in [-0.4, -0.2) is 29.9 Å². The largest absolute Gasteiger partial charge is 0.309 e. The molecule has 388 valence electrons. The SMILES string of the molecule is Cc1cc(C)c(N(c2cc(C)c(N(c3nc(-c4ccccc4)nc(-c4ccc(-c5ccccc5)cc4)n3)c3nc(-c4ccccc4)nc(-c4ccc5ccccc5c4-c4ccccc4)n3)c(C)c2)c2c(C)cc(C)cc2C)c(C)c1. The molecule has 0 amide bonds. The predicted octanol–water partition coefficient (Wildman–Crippen LogP) is 18.6. The van der Waals surface area contributed by atoms with E-state index in [4.69, 9.17) is 29.9 Å².